The minimum absolute atomic E-state index is 0. The van der Waals surface area contributed by atoms with E-state index in [1.807, 2.05) is 55.5 Å². The maximum Gasteiger partial charge on any atom is 0.151 e. The van der Waals surface area contributed by atoms with Crippen LogP contribution in [0.3, 0.4) is 0 Å². The molecule has 0 aliphatic carbocycles. The summed E-state index contributed by atoms with van der Waals surface area (Å²) in [4.78, 5) is 6.60. The fourth-order valence-corrected chi connectivity index (χ4v) is 4.84. The average molecular weight is 486 g/mol. The smallest absolute Gasteiger partial charge is 0.151 e. The second kappa shape index (κ2) is 10.1. The van der Waals surface area contributed by atoms with Crippen molar-refractivity contribution in [3.63, 3.8) is 0 Å². The molecule has 2 unspecified atom stereocenters. The van der Waals surface area contributed by atoms with Crippen LogP contribution in [0.25, 0.3) is 0 Å². The Bertz CT molecular complexity index is 1090. The monoisotopic (exact) mass is 485 g/mol. The van der Waals surface area contributed by atoms with Crippen LogP contribution in [0, 0.1) is 5.82 Å². The van der Waals surface area contributed by atoms with Crippen molar-refractivity contribution in [3.8, 4) is 17.2 Å². The molecule has 0 radical (unpaired) electrons. The van der Waals surface area contributed by atoms with Gasteiger partial charge in [-0.2, -0.15) is 0 Å². The number of anilines is 3. The number of methoxy groups -OCH3 is 1. The van der Waals surface area contributed by atoms with E-state index in [1.54, 1.807) is 13.2 Å². The number of fused-ring (bicyclic) bond motifs is 2. The lowest BCUT2D eigenvalue weighted by molar-refractivity contribution is 0.0596. The van der Waals surface area contributed by atoms with Gasteiger partial charge in [-0.25, -0.2) is 4.39 Å². The van der Waals surface area contributed by atoms with E-state index in [-0.39, 0.29) is 24.4 Å². The first-order valence-electron chi connectivity index (χ1n) is 11.2. The first kappa shape index (κ1) is 24.1. The van der Waals surface area contributed by atoms with Gasteiger partial charge < -0.3 is 24.4 Å². The zero-order valence-corrected chi connectivity index (χ0v) is 20.0. The Labute approximate surface area is 205 Å². The predicted molar refractivity (Wildman–Crippen MR) is 135 cm³/mol. The standard InChI is InChI=1S/C26H28FN3O3.ClH/c1-18(31)26(29-15-13-28(14-16-29)22-17-19(27)11-12-23(22)32-2)30-20-7-3-5-9-24(20)33-25-10-6-4-8-21(25)30;/h3-12,17-18,26,31H,13-16H2,1-2H3;1H. The molecule has 1 saturated heterocycles. The van der Waals surface area contributed by atoms with Crippen LogP contribution in [-0.2, 0) is 0 Å². The van der Waals surface area contributed by atoms with Crippen molar-refractivity contribution in [3.05, 3.63) is 72.5 Å². The van der Waals surface area contributed by atoms with Gasteiger partial charge >= 0.3 is 0 Å². The topological polar surface area (TPSA) is 48.4 Å². The van der Waals surface area contributed by atoms with Crippen LogP contribution in [0.1, 0.15) is 6.92 Å². The van der Waals surface area contributed by atoms with Crippen molar-refractivity contribution in [2.45, 2.75) is 19.2 Å². The van der Waals surface area contributed by atoms with Gasteiger partial charge in [-0.05, 0) is 43.3 Å². The molecule has 34 heavy (non-hydrogen) atoms. The Morgan fingerprint density at radius 1 is 0.882 bits per heavy atom. The molecule has 0 amide bonds. The molecular formula is C26H29ClFN3O3. The molecule has 3 aromatic carbocycles. The van der Waals surface area contributed by atoms with Crippen molar-refractivity contribution < 1.29 is 19.0 Å². The molecule has 6 nitrogen and oxygen atoms in total. The number of aliphatic hydroxyl groups excluding tert-OH is 1. The largest absolute Gasteiger partial charge is 0.495 e. The van der Waals surface area contributed by atoms with E-state index in [1.165, 1.54) is 12.1 Å². The highest BCUT2D eigenvalue weighted by Gasteiger charge is 2.37. The number of hydrogen-bond acceptors (Lipinski definition) is 6. The summed E-state index contributed by atoms with van der Waals surface area (Å²) in [6, 6.07) is 20.4. The van der Waals surface area contributed by atoms with Crippen molar-refractivity contribution in [1.29, 1.82) is 0 Å². The molecule has 8 heteroatoms. The first-order valence-corrected chi connectivity index (χ1v) is 11.2. The van der Waals surface area contributed by atoms with Crippen LogP contribution in [-0.4, -0.2) is 55.6 Å². The Kier molecular flexibility index (Phi) is 7.16. The number of ether oxygens (including phenoxy) is 2. The molecule has 180 valence electrons. The van der Waals surface area contributed by atoms with Crippen molar-refractivity contribution in [1.82, 2.24) is 4.90 Å². The van der Waals surface area contributed by atoms with Gasteiger partial charge in [-0.1, -0.05) is 24.3 Å². The van der Waals surface area contributed by atoms with Crippen LogP contribution >= 0.6 is 12.4 Å². The lowest BCUT2D eigenvalue weighted by Crippen LogP contribution is -2.59. The number of aliphatic hydroxyl groups is 1. The lowest BCUT2D eigenvalue weighted by Gasteiger charge is -2.47. The molecule has 0 saturated carbocycles. The number of benzene rings is 3. The number of piperazine rings is 1. The zero-order valence-electron chi connectivity index (χ0n) is 19.2. The summed E-state index contributed by atoms with van der Waals surface area (Å²) in [5.41, 5.74) is 2.61. The van der Waals surface area contributed by atoms with E-state index >= 15 is 0 Å². The Balaban J connectivity index is 0.00000274. The number of hydrogen-bond donors (Lipinski definition) is 1. The second-order valence-corrected chi connectivity index (χ2v) is 8.40. The summed E-state index contributed by atoms with van der Waals surface area (Å²) in [7, 11) is 1.60. The highest BCUT2D eigenvalue weighted by atomic mass is 35.5. The summed E-state index contributed by atoms with van der Waals surface area (Å²) >= 11 is 0. The van der Waals surface area contributed by atoms with E-state index in [0.717, 1.165) is 28.6 Å². The molecular weight excluding hydrogens is 457 g/mol. The highest BCUT2D eigenvalue weighted by Crippen LogP contribution is 2.48. The number of rotatable bonds is 5. The molecule has 1 N–H and O–H groups in total. The van der Waals surface area contributed by atoms with E-state index in [2.05, 4.69) is 14.7 Å². The third kappa shape index (κ3) is 4.39. The zero-order chi connectivity index (χ0) is 22.9. The molecule has 5 rings (SSSR count). The van der Waals surface area contributed by atoms with E-state index < -0.39 is 6.10 Å². The third-order valence-electron chi connectivity index (χ3n) is 6.34. The summed E-state index contributed by atoms with van der Waals surface area (Å²) in [6.45, 7) is 4.62. The van der Waals surface area contributed by atoms with Crippen LogP contribution in [0.15, 0.2) is 66.7 Å². The van der Waals surface area contributed by atoms with Crippen LogP contribution in [0.5, 0.6) is 17.2 Å². The van der Waals surface area contributed by atoms with Crippen molar-refractivity contribution in [2.75, 3.05) is 43.1 Å². The molecule has 0 spiro atoms. The summed E-state index contributed by atoms with van der Waals surface area (Å²) in [6.07, 6.45) is -0.910. The molecule has 2 aliphatic rings. The maximum absolute atomic E-state index is 13.9. The van der Waals surface area contributed by atoms with Gasteiger partial charge in [0.15, 0.2) is 11.5 Å². The summed E-state index contributed by atoms with van der Waals surface area (Å²) in [5.74, 6) is 1.92. The van der Waals surface area contributed by atoms with Gasteiger partial charge in [0.1, 0.15) is 17.7 Å². The Hall–Kier alpha value is -3.00. The van der Waals surface area contributed by atoms with Gasteiger partial charge in [-0.3, -0.25) is 4.90 Å². The number of para-hydroxylation sites is 4. The van der Waals surface area contributed by atoms with Crippen LogP contribution in [0.2, 0.25) is 0 Å². The predicted octanol–water partition coefficient (Wildman–Crippen LogP) is 5.03. The molecule has 2 aliphatic heterocycles. The quantitative estimate of drug-likeness (QED) is 0.547. The molecule has 2 atom stereocenters. The Morgan fingerprint density at radius 2 is 1.47 bits per heavy atom. The maximum atomic E-state index is 13.9. The Morgan fingerprint density at radius 3 is 2.03 bits per heavy atom. The third-order valence-corrected chi connectivity index (χ3v) is 6.34. The van der Waals surface area contributed by atoms with Crippen molar-refractivity contribution in [2.24, 2.45) is 0 Å². The minimum atomic E-state index is -0.625. The van der Waals surface area contributed by atoms with Gasteiger partial charge in [0, 0.05) is 32.2 Å². The highest BCUT2D eigenvalue weighted by molar-refractivity contribution is 5.85. The molecule has 1 fully saturated rings. The SMILES string of the molecule is COc1ccc(F)cc1N1CCN(C(C(C)O)N2c3ccccc3Oc3ccccc32)CC1.Cl. The second-order valence-electron chi connectivity index (χ2n) is 8.40. The fraction of sp³-hybridized carbons (Fsp3) is 0.308. The van der Waals surface area contributed by atoms with Gasteiger partial charge in [0.05, 0.1) is 30.3 Å². The minimum Gasteiger partial charge on any atom is -0.495 e. The van der Waals surface area contributed by atoms with Gasteiger partial charge in [0.2, 0.25) is 0 Å². The molecule has 3 aromatic rings. The van der Waals surface area contributed by atoms with Crippen molar-refractivity contribution >= 4 is 29.5 Å². The number of nitrogens with zero attached hydrogens (tertiary/aromatic N) is 3. The van der Waals surface area contributed by atoms with E-state index in [4.69, 9.17) is 9.47 Å². The van der Waals surface area contributed by atoms with Crippen LogP contribution in [0.4, 0.5) is 21.5 Å². The van der Waals surface area contributed by atoms with E-state index in [0.29, 0.717) is 31.9 Å². The van der Waals surface area contributed by atoms with Gasteiger partial charge in [-0.15, -0.1) is 12.4 Å². The van der Waals surface area contributed by atoms with Gasteiger partial charge in [0.25, 0.3) is 0 Å². The fourth-order valence-electron chi connectivity index (χ4n) is 4.84. The lowest BCUT2D eigenvalue weighted by atomic mass is 10.1. The summed E-state index contributed by atoms with van der Waals surface area (Å²) < 4.78 is 25.5. The molecule has 2 heterocycles. The normalized spacial score (nSPS) is 17.1. The number of halogens is 2. The molecule has 0 bridgehead atoms. The van der Waals surface area contributed by atoms with Crippen LogP contribution < -0.4 is 19.3 Å². The molecule has 0 aromatic heterocycles. The van der Waals surface area contributed by atoms with E-state index in [9.17, 15) is 9.50 Å². The first-order chi connectivity index (χ1) is 16.1. The average Bonchev–Trinajstić information content (AvgIpc) is 2.84. The summed E-state index contributed by atoms with van der Waals surface area (Å²) in [5, 5.41) is 11.0.